The highest BCUT2D eigenvalue weighted by Crippen LogP contribution is 2.08. The molecule has 0 bridgehead atoms. The Morgan fingerprint density at radius 1 is 1.45 bits per heavy atom. The van der Waals surface area contributed by atoms with Gasteiger partial charge in [0.15, 0.2) is 0 Å². The van der Waals surface area contributed by atoms with Crippen LogP contribution in [-0.4, -0.2) is 11.3 Å². The van der Waals surface area contributed by atoms with Crippen LogP contribution >= 0.6 is 0 Å². The van der Waals surface area contributed by atoms with Crippen molar-refractivity contribution in [3.63, 3.8) is 0 Å². The smallest absolute Gasteiger partial charge is 0.150 e. The molecule has 1 rings (SSSR count). The zero-order chi connectivity index (χ0) is 8.10. The normalized spacial score (nSPS) is 11.2. The van der Waals surface area contributed by atoms with E-state index >= 15 is 0 Å². The van der Waals surface area contributed by atoms with Gasteiger partial charge in [0.25, 0.3) is 0 Å². The fraction of sp³-hybridized carbons (Fsp3) is 0.111. The van der Waals surface area contributed by atoms with Crippen molar-refractivity contribution in [2.45, 2.75) is 6.92 Å². The SMILES string of the molecule is CC=C(C=O)c1ccncc1. The predicted octanol–water partition coefficient (Wildman–Crippen LogP) is 1.68. The predicted molar refractivity (Wildman–Crippen MR) is 44.0 cm³/mol. The first-order valence-corrected chi connectivity index (χ1v) is 3.40. The monoisotopic (exact) mass is 147 g/mol. The molecule has 0 aliphatic heterocycles. The van der Waals surface area contributed by atoms with Gasteiger partial charge in [-0.2, -0.15) is 0 Å². The van der Waals surface area contributed by atoms with E-state index < -0.39 is 0 Å². The summed E-state index contributed by atoms with van der Waals surface area (Å²) in [4.78, 5) is 14.3. The third-order valence-corrected chi connectivity index (χ3v) is 1.45. The lowest BCUT2D eigenvalue weighted by Gasteiger charge is -1.95. The van der Waals surface area contributed by atoms with Crippen molar-refractivity contribution in [2.24, 2.45) is 0 Å². The lowest BCUT2D eigenvalue weighted by molar-refractivity contribution is -0.103. The van der Waals surface area contributed by atoms with E-state index in [1.807, 2.05) is 19.1 Å². The first-order chi connectivity index (χ1) is 5.38. The molecule has 0 unspecified atom stereocenters. The number of nitrogens with zero attached hydrogens (tertiary/aromatic N) is 1. The summed E-state index contributed by atoms with van der Waals surface area (Å²) in [6.45, 7) is 1.84. The molecule has 0 atom stereocenters. The van der Waals surface area contributed by atoms with E-state index in [-0.39, 0.29) is 0 Å². The van der Waals surface area contributed by atoms with E-state index in [1.54, 1.807) is 18.5 Å². The number of hydrogen-bond acceptors (Lipinski definition) is 2. The van der Waals surface area contributed by atoms with Crippen LogP contribution in [0.4, 0.5) is 0 Å². The minimum atomic E-state index is 0.701. The quantitative estimate of drug-likeness (QED) is 0.470. The van der Waals surface area contributed by atoms with Gasteiger partial charge in [-0.25, -0.2) is 0 Å². The minimum absolute atomic E-state index is 0.701. The number of aromatic nitrogens is 1. The first-order valence-electron chi connectivity index (χ1n) is 3.40. The first kappa shape index (κ1) is 7.66. The summed E-state index contributed by atoms with van der Waals surface area (Å²) in [5.41, 5.74) is 1.62. The average molecular weight is 147 g/mol. The van der Waals surface area contributed by atoms with Crippen LogP contribution in [0.15, 0.2) is 30.6 Å². The Kier molecular flexibility index (Phi) is 2.55. The number of hydrogen-bond donors (Lipinski definition) is 0. The van der Waals surface area contributed by atoms with Crippen LogP contribution in [0.3, 0.4) is 0 Å². The molecule has 0 saturated heterocycles. The van der Waals surface area contributed by atoms with Gasteiger partial charge in [-0.1, -0.05) is 6.08 Å². The van der Waals surface area contributed by atoms with E-state index in [0.717, 1.165) is 11.8 Å². The van der Waals surface area contributed by atoms with Gasteiger partial charge < -0.3 is 0 Å². The molecule has 11 heavy (non-hydrogen) atoms. The Labute approximate surface area is 65.6 Å². The van der Waals surface area contributed by atoms with Crippen LogP contribution in [0, 0.1) is 0 Å². The lowest BCUT2D eigenvalue weighted by Crippen LogP contribution is -1.84. The molecule has 0 saturated carbocycles. The summed E-state index contributed by atoms with van der Waals surface area (Å²) in [6, 6.07) is 3.62. The van der Waals surface area contributed by atoms with Crippen molar-refractivity contribution in [2.75, 3.05) is 0 Å². The van der Waals surface area contributed by atoms with Crippen LogP contribution in [0.5, 0.6) is 0 Å². The Hall–Kier alpha value is -1.44. The maximum absolute atomic E-state index is 10.4. The molecule has 0 aliphatic rings. The van der Waals surface area contributed by atoms with Gasteiger partial charge in [-0.15, -0.1) is 0 Å². The van der Waals surface area contributed by atoms with E-state index in [0.29, 0.717) is 5.57 Å². The maximum atomic E-state index is 10.4. The van der Waals surface area contributed by atoms with Crippen molar-refractivity contribution in [1.29, 1.82) is 0 Å². The van der Waals surface area contributed by atoms with E-state index in [4.69, 9.17) is 0 Å². The van der Waals surface area contributed by atoms with E-state index in [1.165, 1.54) is 0 Å². The molecule has 1 heterocycles. The molecule has 1 aromatic heterocycles. The highest BCUT2D eigenvalue weighted by molar-refractivity contribution is 6.06. The molecule has 0 N–H and O–H groups in total. The van der Waals surface area contributed by atoms with E-state index in [9.17, 15) is 4.79 Å². The summed E-state index contributed by atoms with van der Waals surface area (Å²) in [5, 5.41) is 0. The van der Waals surface area contributed by atoms with Gasteiger partial charge in [-0.3, -0.25) is 9.78 Å². The van der Waals surface area contributed by atoms with Crippen molar-refractivity contribution in [3.05, 3.63) is 36.2 Å². The molecular weight excluding hydrogens is 138 g/mol. The van der Waals surface area contributed by atoms with Crippen LogP contribution in [-0.2, 0) is 4.79 Å². The Bertz CT molecular complexity index is 264. The number of allylic oxidation sites excluding steroid dienone is 2. The number of aldehydes is 1. The van der Waals surface area contributed by atoms with Crippen molar-refractivity contribution in [3.8, 4) is 0 Å². The van der Waals surface area contributed by atoms with Gasteiger partial charge in [-0.05, 0) is 24.6 Å². The summed E-state index contributed by atoms with van der Waals surface area (Å²) in [6.07, 6.45) is 5.96. The van der Waals surface area contributed by atoms with E-state index in [2.05, 4.69) is 4.98 Å². The largest absolute Gasteiger partial charge is 0.298 e. The summed E-state index contributed by atoms with van der Waals surface area (Å²) in [5.74, 6) is 0. The molecule has 56 valence electrons. The Morgan fingerprint density at radius 2 is 2.09 bits per heavy atom. The highest BCUT2D eigenvalue weighted by Gasteiger charge is 1.95. The third kappa shape index (κ3) is 1.74. The Morgan fingerprint density at radius 3 is 2.55 bits per heavy atom. The average Bonchev–Trinajstić information content (AvgIpc) is 2.09. The standard InChI is InChI=1S/C9H9NO/c1-2-8(7-11)9-3-5-10-6-4-9/h2-7H,1H3. The fourth-order valence-electron chi connectivity index (χ4n) is 0.847. The van der Waals surface area contributed by atoms with Gasteiger partial charge in [0.2, 0.25) is 0 Å². The topological polar surface area (TPSA) is 30.0 Å². The lowest BCUT2D eigenvalue weighted by atomic mass is 10.1. The molecule has 0 aliphatic carbocycles. The third-order valence-electron chi connectivity index (χ3n) is 1.45. The zero-order valence-corrected chi connectivity index (χ0v) is 6.32. The summed E-state index contributed by atoms with van der Waals surface area (Å²) >= 11 is 0. The molecule has 0 radical (unpaired) electrons. The number of carbonyl (C=O) groups excluding carboxylic acids is 1. The minimum Gasteiger partial charge on any atom is -0.298 e. The van der Waals surface area contributed by atoms with Crippen LogP contribution in [0.25, 0.3) is 5.57 Å². The Balaban J connectivity index is 3.01. The molecule has 1 aromatic rings. The number of pyridine rings is 1. The van der Waals surface area contributed by atoms with Gasteiger partial charge >= 0.3 is 0 Å². The van der Waals surface area contributed by atoms with Gasteiger partial charge in [0, 0.05) is 18.0 Å². The highest BCUT2D eigenvalue weighted by atomic mass is 16.1. The molecular formula is C9H9NO. The number of carbonyl (C=O) groups is 1. The molecule has 0 aromatic carbocycles. The molecule has 0 spiro atoms. The number of rotatable bonds is 2. The molecule has 0 amide bonds. The second kappa shape index (κ2) is 3.66. The van der Waals surface area contributed by atoms with Gasteiger partial charge in [0.1, 0.15) is 6.29 Å². The van der Waals surface area contributed by atoms with Crippen molar-refractivity contribution >= 4 is 11.9 Å². The maximum Gasteiger partial charge on any atom is 0.150 e. The summed E-state index contributed by atoms with van der Waals surface area (Å²) in [7, 11) is 0. The molecule has 0 fully saturated rings. The zero-order valence-electron chi connectivity index (χ0n) is 6.32. The second-order valence-corrected chi connectivity index (χ2v) is 2.10. The van der Waals surface area contributed by atoms with Crippen LogP contribution < -0.4 is 0 Å². The van der Waals surface area contributed by atoms with Crippen molar-refractivity contribution in [1.82, 2.24) is 4.98 Å². The fourth-order valence-corrected chi connectivity index (χ4v) is 0.847. The second-order valence-electron chi connectivity index (χ2n) is 2.10. The molecule has 2 heteroatoms. The van der Waals surface area contributed by atoms with Crippen molar-refractivity contribution < 1.29 is 4.79 Å². The van der Waals surface area contributed by atoms with Crippen LogP contribution in [0.2, 0.25) is 0 Å². The summed E-state index contributed by atoms with van der Waals surface area (Å²) < 4.78 is 0. The molecule has 2 nitrogen and oxygen atoms in total. The van der Waals surface area contributed by atoms with Crippen LogP contribution in [0.1, 0.15) is 12.5 Å². The van der Waals surface area contributed by atoms with Gasteiger partial charge in [0.05, 0.1) is 0 Å².